The molecule has 1 fully saturated rings. The summed E-state index contributed by atoms with van der Waals surface area (Å²) in [5, 5.41) is 7.56. The molecule has 0 spiro atoms. The van der Waals surface area contributed by atoms with Gasteiger partial charge < -0.3 is 10.1 Å². The lowest BCUT2D eigenvalue weighted by molar-refractivity contribution is 0.0699. The second-order valence-corrected chi connectivity index (χ2v) is 5.98. The summed E-state index contributed by atoms with van der Waals surface area (Å²) in [7, 11) is 0. The fraction of sp³-hybridized carbons (Fsp3) is 0.714. The van der Waals surface area contributed by atoms with Crippen molar-refractivity contribution in [2.75, 3.05) is 25.1 Å². The summed E-state index contributed by atoms with van der Waals surface area (Å²) in [6.45, 7) is 5.31. The summed E-state index contributed by atoms with van der Waals surface area (Å²) in [6, 6.07) is 0. The van der Waals surface area contributed by atoms with Gasteiger partial charge in [-0.3, -0.25) is 4.79 Å². The van der Waals surface area contributed by atoms with Crippen molar-refractivity contribution in [3.8, 4) is 0 Å². The molecular weight excluding hydrogens is 322 g/mol. The molecule has 1 aromatic heterocycles. The fourth-order valence-corrected chi connectivity index (χ4v) is 2.71. The van der Waals surface area contributed by atoms with Crippen LogP contribution in [-0.4, -0.2) is 29.5 Å². The first kappa shape index (κ1) is 15.5. The largest absolute Gasteiger partial charge is 0.382 e. The number of aromatic nitrogens is 2. The second kappa shape index (κ2) is 7.78. The zero-order valence-electron chi connectivity index (χ0n) is 11.9. The van der Waals surface area contributed by atoms with Crippen LogP contribution >= 0.6 is 15.9 Å². The van der Waals surface area contributed by atoms with Crippen LogP contribution in [0.5, 0.6) is 0 Å². The highest BCUT2D eigenvalue weighted by Gasteiger charge is 2.15. The Morgan fingerprint density at radius 2 is 2.25 bits per heavy atom. The molecular formula is C14H22BrN3O2. The molecule has 0 bridgehead atoms. The Morgan fingerprint density at radius 3 is 2.95 bits per heavy atom. The molecule has 1 aliphatic rings. The average Bonchev–Trinajstić information content (AvgIpc) is 2.49. The van der Waals surface area contributed by atoms with Crippen molar-refractivity contribution in [3.05, 3.63) is 21.0 Å². The van der Waals surface area contributed by atoms with Crippen LogP contribution in [0.3, 0.4) is 0 Å². The van der Waals surface area contributed by atoms with E-state index < -0.39 is 0 Å². The molecule has 0 atom stereocenters. The molecule has 112 valence electrons. The van der Waals surface area contributed by atoms with Gasteiger partial charge in [-0.1, -0.05) is 13.3 Å². The smallest absolute Gasteiger partial charge is 0.283 e. The quantitative estimate of drug-likeness (QED) is 0.862. The molecule has 0 amide bonds. The molecule has 0 aromatic carbocycles. The molecule has 0 saturated carbocycles. The highest BCUT2D eigenvalue weighted by atomic mass is 79.9. The number of anilines is 1. The maximum atomic E-state index is 12.1. The van der Waals surface area contributed by atoms with Gasteiger partial charge in [-0.2, -0.15) is 5.10 Å². The molecule has 0 aliphatic carbocycles. The van der Waals surface area contributed by atoms with Gasteiger partial charge in [0, 0.05) is 26.3 Å². The van der Waals surface area contributed by atoms with Crippen LogP contribution in [0.25, 0.3) is 0 Å². The third-order valence-corrected chi connectivity index (χ3v) is 4.40. The van der Waals surface area contributed by atoms with Gasteiger partial charge in [0.2, 0.25) is 0 Å². The molecule has 0 unspecified atom stereocenters. The molecule has 5 nitrogen and oxygen atoms in total. The van der Waals surface area contributed by atoms with Gasteiger partial charge >= 0.3 is 0 Å². The van der Waals surface area contributed by atoms with E-state index in [2.05, 4.69) is 33.3 Å². The van der Waals surface area contributed by atoms with Crippen molar-refractivity contribution in [2.24, 2.45) is 5.92 Å². The number of unbranched alkanes of at least 4 members (excludes halogenated alkanes) is 1. The number of halogens is 1. The minimum absolute atomic E-state index is 0.0598. The van der Waals surface area contributed by atoms with Crippen molar-refractivity contribution in [3.63, 3.8) is 0 Å². The molecule has 0 radical (unpaired) electrons. The van der Waals surface area contributed by atoms with Gasteiger partial charge in [0.05, 0.1) is 11.9 Å². The SMILES string of the molecule is CCCCn1ncc(NCC2CCOCC2)c(Br)c1=O. The van der Waals surface area contributed by atoms with Crippen LogP contribution in [-0.2, 0) is 11.3 Å². The Bertz CT molecular complexity index is 484. The van der Waals surface area contributed by atoms with E-state index in [9.17, 15) is 4.79 Å². The number of hydrogen-bond donors (Lipinski definition) is 1. The molecule has 6 heteroatoms. The van der Waals surface area contributed by atoms with Crippen LogP contribution in [0.15, 0.2) is 15.5 Å². The van der Waals surface area contributed by atoms with Crippen LogP contribution in [0.2, 0.25) is 0 Å². The van der Waals surface area contributed by atoms with Crippen molar-refractivity contribution in [2.45, 2.75) is 39.2 Å². The van der Waals surface area contributed by atoms with Gasteiger partial charge in [-0.25, -0.2) is 4.68 Å². The summed E-state index contributed by atoms with van der Waals surface area (Å²) in [5.74, 6) is 0.609. The number of rotatable bonds is 6. The minimum Gasteiger partial charge on any atom is -0.382 e. The number of hydrogen-bond acceptors (Lipinski definition) is 4. The number of ether oxygens (including phenoxy) is 1. The van der Waals surface area contributed by atoms with E-state index in [0.29, 0.717) is 16.9 Å². The lowest BCUT2D eigenvalue weighted by atomic mass is 10.0. The lowest BCUT2D eigenvalue weighted by Gasteiger charge is -2.22. The Morgan fingerprint density at radius 1 is 1.50 bits per heavy atom. The first-order chi connectivity index (χ1) is 9.72. The highest BCUT2D eigenvalue weighted by molar-refractivity contribution is 9.10. The van der Waals surface area contributed by atoms with E-state index >= 15 is 0 Å². The van der Waals surface area contributed by atoms with E-state index in [-0.39, 0.29) is 5.56 Å². The Labute approximate surface area is 127 Å². The first-order valence-electron chi connectivity index (χ1n) is 7.29. The minimum atomic E-state index is -0.0598. The maximum Gasteiger partial charge on any atom is 0.283 e. The van der Waals surface area contributed by atoms with Gasteiger partial charge in [0.25, 0.3) is 5.56 Å². The van der Waals surface area contributed by atoms with Crippen LogP contribution in [0.1, 0.15) is 32.6 Å². The predicted octanol–water partition coefficient (Wildman–Crippen LogP) is 2.64. The summed E-state index contributed by atoms with van der Waals surface area (Å²) in [4.78, 5) is 12.1. The van der Waals surface area contributed by atoms with Crippen molar-refractivity contribution in [1.82, 2.24) is 9.78 Å². The van der Waals surface area contributed by atoms with Crippen molar-refractivity contribution in [1.29, 1.82) is 0 Å². The second-order valence-electron chi connectivity index (χ2n) is 5.19. The molecule has 2 heterocycles. The van der Waals surface area contributed by atoms with Gasteiger partial charge in [-0.05, 0) is 41.1 Å². The van der Waals surface area contributed by atoms with Crippen LogP contribution < -0.4 is 10.9 Å². The van der Waals surface area contributed by atoms with Gasteiger partial charge in [0.1, 0.15) is 4.47 Å². The van der Waals surface area contributed by atoms with E-state index in [4.69, 9.17) is 4.74 Å². The number of aryl methyl sites for hydroxylation is 1. The first-order valence-corrected chi connectivity index (χ1v) is 8.09. The van der Waals surface area contributed by atoms with E-state index in [0.717, 1.165) is 51.1 Å². The molecule has 1 N–H and O–H groups in total. The van der Waals surface area contributed by atoms with Crippen molar-refractivity contribution >= 4 is 21.6 Å². The number of nitrogens with zero attached hydrogens (tertiary/aromatic N) is 2. The van der Waals surface area contributed by atoms with Crippen molar-refractivity contribution < 1.29 is 4.74 Å². The monoisotopic (exact) mass is 343 g/mol. The van der Waals surface area contributed by atoms with Gasteiger partial charge in [0.15, 0.2) is 0 Å². The topological polar surface area (TPSA) is 56.1 Å². The van der Waals surface area contributed by atoms with Crippen LogP contribution in [0.4, 0.5) is 5.69 Å². The van der Waals surface area contributed by atoms with E-state index in [1.165, 1.54) is 4.68 Å². The summed E-state index contributed by atoms with van der Waals surface area (Å²) in [5.41, 5.74) is 0.727. The molecule has 20 heavy (non-hydrogen) atoms. The van der Waals surface area contributed by atoms with E-state index in [1.54, 1.807) is 6.20 Å². The third-order valence-electron chi connectivity index (χ3n) is 3.63. The summed E-state index contributed by atoms with van der Waals surface area (Å²) < 4.78 is 7.45. The van der Waals surface area contributed by atoms with E-state index in [1.807, 2.05) is 0 Å². The fourth-order valence-electron chi connectivity index (χ4n) is 2.26. The standard InChI is InChI=1S/C14H22BrN3O2/c1-2-3-6-18-14(19)13(15)12(10-17-18)16-9-11-4-7-20-8-5-11/h10-11,16H,2-9H2,1H3. The molecule has 1 saturated heterocycles. The Hall–Kier alpha value is -0.880. The normalized spacial score (nSPS) is 16.3. The average molecular weight is 344 g/mol. The Kier molecular flexibility index (Phi) is 6.04. The molecule has 1 aromatic rings. The summed E-state index contributed by atoms with van der Waals surface area (Å²) in [6.07, 6.45) is 5.90. The maximum absolute atomic E-state index is 12.1. The Balaban J connectivity index is 1.97. The van der Waals surface area contributed by atoms with Crippen LogP contribution in [0, 0.1) is 5.92 Å². The zero-order valence-corrected chi connectivity index (χ0v) is 13.5. The zero-order chi connectivity index (χ0) is 14.4. The molecule has 2 rings (SSSR count). The highest BCUT2D eigenvalue weighted by Crippen LogP contribution is 2.19. The predicted molar refractivity (Wildman–Crippen MR) is 83.1 cm³/mol. The third kappa shape index (κ3) is 4.06. The van der Waals surface area contributed by atoms with Gasteiger partial charge in [-0.15, -0.1) is 0 Å². The summed E-state index contributed by atoms with van der Waals surface area (Å²) >= 11 is 3.39. The number of nitrogens with one attached hydrogen (secondary N) is 1. The lowest BCUT2D eigenvalue weighted by Crippen LogP contribution is -2.26. The molecule has 1 aliphatic heterocycles.